The molecule has 4 amide bonds. The minimum absolute atomic E-state index is 0.00450. The normalized spacial score (nSPS) is 15.4. The monoisotopic (exact) mass is 881 g/mol. The summed E-state index contributed by atoms with van der Waals surface area (Å²) in [7, 11) is 0. The average molecular weight is 882 g/mol. The Kier molecular flexibility index (Phi) is 15.5. The van der Waals surface area contributed by atoms with Crippen LogP contribution in [0.2, 0.25) is 0 Å². The van der Waals surface area contributed by atoms with E-state index >= 15 is 0 Å². The number of aliphatic hydroxyl groups excluding tert-OH is 1. The first-order valence-corrected chi connectivity index (χ1v) is 19.7. The molecule has 0 bridgehead atoms. The number of ether oxygens (including phenoxy) is 4. The van der Waals surface area contributed by atoms with Crippen LogP contribution in [0.25, 0.3) is 0 Å². The van der Waals surface area contributed by atoms with Crippen LogP contribution in [-0.2, 0) is 49.9 Å². The van der Waals surface area contributed by atoms with Crippen molar-refractivity contribution in [3.63, 3.8) is 0 Å². The Morgan fingerprint density at radius 2 is 1.00 bits per heavy atom. The minimum atomic E-state index is -1.12. The number of amides is 4. The zero-order valence-corrected chi connectivity index (χ0v) is 33.9. The number of halogens is 2. The summed E-state index contributed by atoms with van der Waals surface area (Å²) in [6.45, 7) is -0.298. The van der Waals surface area contributed by atoms with Crippen molar-refractivity contribution in [2.24, 2.45) is 0 Å². The van der Waals surface area contributed by atoms with E-state index in [1.54, 1.807) is 24.3 Å². The number of non-ortho nitro benzene ring substituents is 1. The number of hydrogen-bond donors (Lipinski definition) is 1. The van der Waals surface area contributed by atoms with E-state index in [0.717, 1.165) is 26.2 Å². The lowest BCUT2D eigenvalue weighted by Gasteiger charge is -2.26. The zero-order valence-electron chi connectivity index (χ0n) is 33.9. The molecule has 0 aromatic heterocycles. The van der Waals surface area contributed by atoms with Crippen molar-refractivity contribution in [2.45, 2.75) is 38.3 Å². The number of hydrazine groups is 2. The number of carbonyl (C=O) groups is 5. The van der Waals surface area contributed by atoms with Crippen LogP contribution >= 0.6 is 0 Å². The van der Waals surface area contributed by atoms with Gasteiger partial charge in [-0.2, -0.15) is 0 Å². The zero-order chi connectivity index (χ0) is 45.6. The highest BCUT2D eigenvalue weighted by atomic mass is 19.1. The van der Waals surface area contributed by atoms with E-state index in [4.69, 9.17) is 18.9 Å². The number of hydrogen-bond acceptors (Lipinski definition) is 12. The third-order valence-electron chi connectivity index (χ3n) is 9.56. The fourth-order valence-electron chi connectivity index (χ4n) is 6.40. The maximum atomic E-state index is 13.2. The molecule has 0 aliphatic carbocycles. The Hall–Kier alpha value is -7.93. The molecule has 7 rings (SSSR count). The summed E-state index contributed by atoms with van der Waals surface area (Å²) in [5, 5.41) is 25.1. The minimum Gasteiger partial charge on any atom is -0.443 e. The van der Waals surface area contributed by atoms with Crippen LogP contribution in [0.1, 0.15) is 22.3 Å². The maximum Gasteiger partial charge on any atom is 0.514 e. The lowest BCUT2D eigenvalue weighted by Crippen LogP contribution is -2.45. The fraction of sp³-hybridized carbons (Fsp3) is 0.222. The van der Waals surface area contributed by atoms with Crippen LogP contribution in [0.3, 0.4) is 0 Å². The highest BCUT2D eigenvalue weighted by Gasteiger charge is 2.40. The van der Waals surface area contributed by atoms with Crippen molar-refractivity contribution >= 4 is 35.8 Å². The quantitative estimate of drug-likeness (QED) is 0.0506. The van der Waals surface area contributed by atoms with Crippen LogP contribution < -0.4 is 4.74 Å². The van der Waals surface area contributed by atoms with Gasteiger partial charge >= 0.3 is 18.3 Å². The molecule has 0 saturated carbocycles. The van der Waals surface area contributed by atoms with Gasteiger partial charge in [-0.3, -0.25) is 19.7 Å². The van der Waals surface area contributed by atoms with E-state index in [1.807, 2.05) is 36.4 Å². The van der Waals surface area contributed by atoms with Gasteiger partial charge in [-0.15, -0.1) is 0 Å². The summed E-state index contributed by atoms with van der Waals surface area (Å²) in [6.07, 6.45) is -4.56. The first-order chi connectivity index (χ1) is 30.8. The number of β-amino-alcohol motifs (C(OH)–C–C–N with tert-alkyl or cyclic N) is 1. The third kappa shape index (κ3) is 13.0. The number of benzene rings is 5. The van der Waals surface area contributed by atoms with Gasteiger partial charge in [0.15, 0.2) is 0 Å². The first-order valence-electron chi connectivity index (χ1n) is 19.7. The Bertz CT molecular complexity index is 2400. The molecule has 2 fully saturated rings. The molecule has 5 aromatic rings. The van der Waals surface area contributed by atoms with Crippen molar-refractivity contribution in [1.29, 1.82) is 0 Å². The molecule has 17 nitrogen and oxygen atoms in total. The molecular weight excluding hydrogens is 841 g/mol. The largest absolute Gasteiger partial charge is 0.514 e. The average Bonchev–Trinajstić information content (AvgIpc) is 3.91. The first kappa shape index (κ1) is 45.6. The van der Waals surface area contributed by atoms with Crippen LogP contribution in [0.5, 0.6) is 5.75 Å². The molecule has 0 radical (unpaired) electrons. The maximum absolute atomic E-state index is 13.2. The lowest BCUT2D eigenvalue weighted by atomic mass is 10.1. The van der Waals surface area contributed by atoms with Gasteiger partial charge in [0.05, 0.1) is 50.0 Å². The Balaban J connectivity index is 0.000000228. The van der Waals surface area contributed by atoms with Crippen LogP contribution in [0.15, 0.2) is 133 Å². The molecule has 2 saturated heterocycles. The Morgan fingerprint density at radius 3 is 1.47 bits per heavy atom. The van der Waals surface area contributed by atoms with Crippen molar-refractivity contribution in [1.82, 2.24) is 20.0 Å². The molecule has 2 aliphatic rings. The smallest absolute Gasteiger partial charge is 0.443 e. The summed E-state index contributed by atoms with van der Waals surface area (Å²) < 4.78 is 47.2. The molecule has 5 aromatic carbocycles. The second-order valence-electron chi connectivity index (χ2n) is 14.3. The molecule has 2 unspecified atom stereocenters. The van der Waals surface area contributed by atoms with Crippen molar-refractivity contribution in [3.05, 3.63) is 177 Å². The van der Waals surface area contributed by atoms with Crippen LogP contribution in [0.4, 0.5) is 28.9 Å². The second kappa shape index (κ2) is 21.7. The van der Waals surface area contributed by atoms with Gasteiger partial charge in [0.2, 0.25) is 11.8 Å². The summed E-state index contributed by atoms with van der Waals surface area (Å²) in [4.78, 5) is 73.3. The standard InChI is InChI=1S/C26H22FN3O8.C19H19FN2O4/c27-20-8-6-18(7-9-20)14-24(31)28-15-23(16-29(28)25(32)36-17-19-4-2-1-3-5-19)38-26(33)37-22-12-10-21(11-13-22)30(34)35;20-16-8-6-14(7-9-16)10-18(24)21-11-17(23)12-22(21)19(25)26-13-15-4-2-1-3-5-15/h1-13,23H,14-17H2;1-9,17,23H,10-13H2. The lowest BCUT2D eigenvalue weighted by molar-refractivity contribution is -0.384. The molecule has 1 N–H and O–H groups in total. The molecule has 332 valence electrons. The van der Waals surface area contributed by atoms with Gasteiger partial charge in [-0.1, -0.05) is 84.9 Å². The van der Waals surface area contributed by atoms with Gasteiger partial charge in [0.25, 0.3) is 5.69 Å². The molecule has 2 heterocycles. The van der Waals surface area contributed by atoms with E-state index in [9.17, 15) is 48.0 Å². The molecule has 2 aliphatic heterocycles. The molecular formula is C45H41F2N5O12. The van der Waals surface area contributed by atoms with E-state index in [0.29, 0.717) is 11.1 Å². The number of nitro benzene ring substituents is 1. The Morgan fingerprint density at radius 1 is 0.578 bits per heavy atom. The molecule has 0 spiro atoms. The predicted molar refractivity (Wildman–Crippen MR) is 220 cm³/mol. The Labute approximate surface area is 364 Å². The van der Waals surface area contributed by atoms with E-state index in [1.165, 1.54) is 77.8 Å². The number of nitrogens with zero attached hydrogens (tertiary/aromatic N) is 5. The molecule has 19 heteroatoms. The van der Waals surface area contributed by atoms with Gasteiger partial charge in [-0.05, 0) is 58.7 Å². The summed E-state index contributed by atoms with van der Waals surface area (Å²) >= 11 is 0. The van der Waals surface area contributed by atoms with E-state index in [-0.39, 0.29) is 75.4 Å². The SMILES string of the molecule is O=C(Cc1ccc(F)cc1)N1CC(O)CN1C(=O)OCc1ccccc1.O=C(Oc1ccc([N+](=O)[O-])cc1)OC1CN(C(=O)Cc2ccc(F)cc2)N(C(=O)OCc2ccccc2)C1. The highest BCUT2D eigenvalue weighted by molar-refractivity contribution is 5.83. The number of nitro groups is 1. The highest BCUT2D eigenvalue weighted by Crippen LogP contribution is 2.22. The van der Waals surface area contributed by atoms with Gasteiger partial charge < -0.3 is 24.1 Å². The van der Waals surface area contributed by atoms with Crippen molar-refractivity contribution < 1.29 is 61.7 Å². The fourth-order valence-corrected chi connectivity index (χ4v) is 6.40. The van der Waals surface area contributed by atoms with Gasteiger partial charge in [-0.25, -0.2) is 43.2 Å². The van der Waals surface area contributed by atoms with E-state index in [2.05, 4.69) is 0 Å². The van der Waals surface area contributed by atoms with Crippen molar-refractivity contribution in [2.75, 3.05) is 26.2 Å². The summed E-state index contributed by atoms with van der Waals surface area (Å²) in [6, 6.07) is 33.8. The predicted octanol–water partition coefficient (Wildman–Crippen LogP) is 6.38. The summed E-state index contributed by atoms with van der Waals surface area (Å²) in [5.41, 5.74) is 2.53. The second-order valence-corrected chi connectivity index (χ2v) is 14.3. The van der Waals surface area contributed by atoms with Crippen LogP contribution in [0, 0.1) is 21.7 Å². The third-order valence-corrected chi connectivity index (χ3v) is 9.56. The molecule has 64 heavy (non-hydrogen) atoms. The van der Waals surface area contributed by atoms with Crippen molar-refractivity contribution in [3.8, 4) is 5.75 Å². The van der Waals surface area contributed by atoms with Gasteiger partial charge in [0, 0.05) is 12.1 Å². The van der Waals surface area contributed by atoms with Crippen LogP contribution in [-0.4, -0.2) is 98.6 Å². The number of aliphatic hydroxyl groups is 1. The van der Waals surface area contributed by atoms with Gasteiger partial charge in [0.1, 0.15) is 36.7 Å². The summed E-state index contributed by atoms with van der Waals surface area (Å²) in [5.74, 6) is -1.69. The topological polar surface area (TPSA) is 199 Å². The molecule has 2 atom stereocenters. The van der Waals surface area contributed by atoms with E-state index < -0.39 is 47.2 Å². The number of carbonyl (C=O) groups excluding carboxylic acids is 5. The number of rotatable bonds is 11.